The normalized spacial score (nSPS) is 10.1. The van der Waals surface area contributed by atoms with Crippen molar-refractivity contribution < 1.29 is 4.79 Å². The average molecular weight is 262 g/mol. The fraction of sp³-hybridized carbons (Fsp3) is 0.167. The number of nitrogen functional groups attached to an aromatic ring is 1. The summed E-state index contributed by atoms with van der Waals surface area (Å²) in [5.74, 6) is 5.16. The largest absolute Gasteiger partial charge is 0.352 e. The third kappa shape index (κ3) is 3.28. The van der Waals surface area contributed by atoms with Crippen molar-refractivity contribution in [2.75, 3.05) is 12.0 Å². The van der Waals surface area contributed by atoms with Gasteiger partial charge in [0.25, 0.3) is 5.91 Å². The molecule has 0 spiro atoms. The quantitative estimate of drug-likeness (QED) is 0.562. The first-order chi connectivity index (χ1) is 8.79. The number of nitrogens with one attached hydrogen (secondary N) is 2. The van der Waals surface area contributed by atoms with Crippen molar-refractivity contribution in [1.82, 2.24) is 10.3 Å². The minimum absolute atomic E-state index is 0.0891. The van der Waals surface area contributed by atoms with E-state index in [-0.39, 0.29) is 5.91 Å². The lowest BCUT2D eigenvalue weighted by Crippen LogP contribution is -2.25. The van der Waals surface area contributed by atoms with Gasteiger partial charge < -0.3 is 10.7 Å². The number of carbonyl (C=O) groups is 1. The van der Waals surface area contributed by atoms with Crippen LogP contribution in [0.3, 0.4) is 0 Å². The van der Waals surface area contributed by atoms with Crippen LogP contribution in [0.15, 0.2) is 35.2 Å². The van der Waals surface area contributed by atoms with Gasteiger partial charge in [0, 0.05) is 29.6 Å². The molecule has 6 heteroatoms. The molecular weight excluding hydrogens is 248 g/mol. The number of nitrogens with zero attached hydrogens (tertiary/aromatic N) is 1. The molecule has 2 rings (SSSR count). The second-order valence-electron chi connectivity index (χ2n) is 3.71. The standard InChI is InChI=1S/C12H14N4OS/c13-16-10-3-1-9(2-4-10)12(17)14-6-5-11-7-18-8-15-11/h1-4,7-8,16H,5-6,13H2,(H,14,17). The fourth-order valence-corrected chi connectivity index (χ4v) is 2.08. The number of hydrazine groups is 1. The van der Waals surface area contributed by atoms with E-state index in [1.165, 1.54) is 0 Å². The van der Waals surface area contributed by atoms with Crippen molar-refractivity contribution >= 4 is 22.9 Å². The summed E-state index contributed by atoms with van der Waals surface area (Å²) in [7, 11) is 0. The topological polar surface area (TPSA) is 80.0 Å². The molecule has 0 aliphatic carbocycles. The summed E-state index contributed by atoms with van der Waals surface area (Å²) in [6, 6.07) is 6.98. The first-order valence-electron chi connectivity index (χ1n) is 5.51. The predicted molar refractivity (Wildman–Crippen MR) is 72.4 cm³/mol. The van der Waals surface area contributed by atoms with E-state index >= 15 is 0 Å². The van der Waals surface area contributed by atoms with Gasteiger partial charge in [0.1, 0.15) is 0 Å². The van der Waals surface area contributed by atoms with E-state index in [1.54, 1.807) is 41.1 Å². The molecule has 0 aliphatic heterocycles. The number of benzene rings is 1. The maximum absolute atomic E-state index is 11.8. The number of hydrogen-bond donors (Lipinski definition) is 3. The smallest absolute Gasteiger partial charge is 0.251 e. The molecule has 1 aromatic heterocycles. The Balaban J connectivity index is 1.83. The molecule has 0 aliphatic rings. The van der Waals surface area contributed by atoms with Gasteiger partial charge in [-0.15, -0.1) is 11.3 Å². The third-order valence-corrected chi connectivity index (χ3v) is 3.10. The number of thiazole rings is 1. The van der Waals surface area contributed by atoms with Crippen LogP contribution < -0.4 is 16.6 Å². The molecule has 0 unspecified atom stereocenters. The molecule has 94 valence electrons. The van der Waals surface area contributed by atoms with E-state index in [4.69, 9.17) is 5.84 Å². The highest BCUT2D eigenvalue weighted by atomic mass is 32.1. The molecule has 1 heterocycles. The summed E-state index contributed by atoms with van der Waals surface area (Å²) in [6.45, 7) is 0.583. The Bertz CT molecular complexity index is 495. The molecule has 0 saturated heterocycles. The van der Waals surface area contributed by atoms with Crippen LogP contribution in [0.5, 0.6) is 0 Å². The highest BCUT2D eigenvalue weighted by molar-refractivity contribution is 7.07. The zero-order valence-corrected chi connectivity index (χ0v) is 10.5. The SMILES string of the molecule is NNc1ccc(C(=O)NCCc2cscn2)cc1. The third-order valence-electron chi connectivity index (χ3n) is 2.46. The fourth-order valence-electron chi connectivity index (χ4n) is 1.48. The van der Waals surface area contributed by atoms with Gasteiger partial charge in [-0.1, -0.05) is 0 Å². The summed E-state index contributed by atoms with van der Waals surface area (Å²) in [4.78, 5) is 15.9. The van der Waals surface area contributed by atoms with Crippen LogP contribution >= 0.6 is 11.3 Å². The Labute approximate surface area is 109 Å². The van der Waals surface area contributed by atoms with Gasteiger partial charge >= 0.3 is 0 Å². The average Bonchev–Trinajstić information content (AvgIpc) is 2.92. The Kier molecular flexibility index (Phi) is 4.27. The molecule has 4 N–H and O–H groups in total. The number of nitrogens with two attached hydrogens (primary N) is 1. The van der Waals surface area contributed by atoms with Gasteiger partial charge in [-0.25, -0.2) is 4.98 Å². The molecule has 0 atom stereocenters. The van der Waals surface area contributed by atoms with Crippen molar-refractivity contribution in [2.24, 2.45) is 5.84 Å². The Morgan fingerprint density at radius 1 is 1.33 bits per heavy atom. The van der Waals surface area contributed by atoms with Crippen LogP contribution in [-0.4, -0.2) is 17.4 Å². The van der Waals surface area contributed by atoms with Gasteiger partial charge in [-0.05, 0) is 24.3 Å². The van der Waals surface area contributed by atoms with E-state index < -0.39 is 0 Å². The van der Waals surface area contributed by atoms with Crippen molar-refractivity contribution in [3.63, 3.8) is 0 Å². The first kappa shape index (κ1) is 12.5. The Hall–Kier alpha value is -1.92. The van der Waals surface area contributed by atoms with Crippen molar-refractivity contribution in [3.8, 4) is 0 Å². The maximum Gasteiger partial charge on any atom is 0.251 e. The van der Waals surface area contributed by atoms with Crippen molar-refractivity contribution in [2.45, 2.75) is 6.42 Å². The molecule has 2 aromatic rings. The van der Waals surface area contributed by atoms with Crippen LogP contribution in [0.2, 0.25) is 0 Å². The van der Waals surface area contributed by atoms with E-state index in [0.29, 0.717) is 12.1 Å². The van der Waals surface area contributed by atoms with E-state index in [9.17, 15) is 4.79 Å². The molecule has 1 aromatic carbocycles. The highest BCUT2D eigenvalue weighted by Gasteiger charge is 2.04. The van der Waals surface area contributed by atoms with E-state index in [1.807, 2.05) is 5.38 Å². The highest BCUT2D eigenvalue weighted by Crippen LogP contribution is 2.07. The van der Waals surface area contributed by atoms with Gasteiger partial charge in [-0.2, -0.15) is 0 Å². The number of hydrogen-bond acceptors (Lipinski definition) is 5. The van der Waals surface area contributed by atoms with E-state index in [2.05, 4.69) is 15.7 Å². The van der Waals surface area contributed by atoms with Crippen LogP contribution in [0.4, 0.5) is 5.69 Å². The van der Waals surface area contributed by atoms with Gasteiger partial charge in [-0.3, -0.25) is 10.6 Å². The molecule has 1 amide bonds. The zero-order chi connectivity index (χ0) is 12.8. The number of carbonyl (C=O) groups excluding carboxylic acids is 1. The van der Waals surface area contributed by atoms with Crippen LogP contribution in [0, 0.1) is 0 Å². The Morgan fingerprint density at radius 3 is 2.72 bits per heavy atom. The van der Waals surface area contributed by atoms with Gasteiger partial charge in [0.15, 0.2) is 0 Å². The Morgan fingerprint density at radius 2 is 2.11 bits per heavy atom. The molecular formula is C12H14N4OS. The molecule has 0 saturated carbocycles. The van der Waals surface area contributed by atoms with Crippen LogP contribution in [0.25, 0.3) is 0 Å². The molecule has 0 bridgehead atoms. The second kappa shape index (κ2) is 6.13. The number of anilines is 1. The monoisotopic (exact) mass is 262 g/mol. The predicted octanol–water partition coefficient (Wildman–Crippen LogP) is 1.40. The molecule has 18 heavy (non-hydrogen) atoms. The number of aromatic nitrogens is 1. The molecule has 5 nitrogen and oxygen atoms in total. The molecule has 0 radical (unpaired) electrons. The minimum atomic E-state index is -0.0891. The summed E-state index contributed by atoms with van der Waals surface area (Å²) >= 11 is 1.56. The lowest BCUT2D eigenvalue weighted by Gasteiger charge is -2.05. The maximum atomic E-state index is 11.8. The lowest BCUT2D eigenvalue weighted by molar-refractivity contribution is 0.0954. The van der Waals surface area contributed by atoms with Crippen LogP contribution in [0.1, 0.15) is 16.1 Å². The second-order valence-corrected chi connectivity index (χ2v) is 4.43. The summed E-state index contributed by atoms with van der Waals surface area (Å²) in [6.07, 6.45) is 0.748. The summed E-state index contributed by atoms with van der Waals surface area (Å²) in [5.41, 5.74) is 6.70. The van der Waals surface area contributed by atoms with Crippen LogP contribution in [-0.2, 0) is 6.42 Å². The zero-order valence-electron chi connectivity index (χ0n) is 9.72. The number of rotatable bonds is 5. The molecule has 0 fully saturated rings. The first-order valence-corrected chi connectivity index (χ1v) is 6.46. The summed E-state index contributed by atoms with van der Waals surface area (Å²) in [5, 5.41) is 4.83. The lowest BCUT2D eigenvalue weighted by atomic mass is 10.2. The minimum Gasteiger partial charge on any atom is -0.352 e. The van der Waals surface area contributed by atoms with Gasteiger partial charge in [0.2, 0.25) is 0 Å². The summed E-state index contributed by atoms with van der Waals surface area (Å²) < 4.78 is 0. The van der Waals surface area contributed by atoms with Crippen molar-refractivity contribution in [1.29, 1.82) is 0 Å². The van der Waals surface area contributed by atoms with Crippen molar-refractivity contribution in [3.05, 3.63) is 46.4 Å². The van der Waals surface area contributed by atoms with Gasteiger partial charge in [0.05, 0.1) is 11.2 Å². The van der Waals surface area contributed by atoms with E-state index in [0.717, 1.165) is 17.8 Å². The number of amides is 1.